The van der Waals surface area contributed by atoms with Crippen molar-refractivity contribution in [1.82, 2.24) is 4.98 Å². The van der Waals surface area contributed by atoms with E-state index in [1.54, 1.807) is 6.07 Å². The quantitative estimate of drug-likeness (QED) is 0.523. The molecule has 1 aromatic heterocycles. The number of aromatic nitrogens is 1. The summed E-state index contributed by atoms with van der Waals surface area (Å²) in [5.74, 6) is 1.78. The van der Waals surface area contributed by atoms with Crippen molar-refractivity contribution in [3.63, 3.8) is 0 Å². The van der Waals surface area contributed by atoms with E-state index in [0.717, 1.165) is 22.9 Å². The lowest BCUT2D eigenvalue weighted by Crippen LogP contribution is -2.20. The molecule has 1 aliphatic rings. The van der Waals surface area contributed by atoms with Gasteiger partial charge in [-0.3, -0.25) is 0 Å². The molecular formula is C8H10FNOS2. The molecule has 1 saturated heterocycles. The molecule has 5 heteroatoms. The summed E-state index contributed by atoms with van der Waals surface area (Å²) in [7, 11) is 0. The van der Waals surface area contributed by atoms with Crippen molar-refractivity contribution < 1.29 is 9.50 Å². The second-order valence-corrected chi connectivity index (χ2v) is 5.35. The van der Waals surface area contributed by atoms with Gasteiger partial charge in [0.25, 0.3) is 0 Å². The lowest BCUT2D eigenvalue weighted by atomic mass is 10.5. The third-order valence-corrected chi connectivity index (χ3v) is 4.80. The number of nitrogens with one attached hydrogen (secondary N) is 1. The number of thiol groups is 1. The number of aliphatic hydroxyl groups excluding tert-OH is 1. The van der Waals surface area contributed by atoms with E-state index in [1.165, 1.54) is 6.07 Å². The highest BCUT2D eigenvalue weighted by atomic mass is 32.2. The van der Waals surface area contributed by atoms with Crippen molar-refractivity contribution in [3.8, 4) is 0 Å². The van der Waals surface area contributed by atoms with Gasteiger partial charge < -0.3 is 10.1 Å². The minimum Gasteiger partial charge on any atom is -0.354 e. The van der Waals surface area contributed by atoms with E-state index < -0.39 is 5.95 Å². The first-order valence-corrected chi connectivity index (χ1v) is 6.07. The van der Waals surface area contributed by atoms with E-state index in [4.69, 9.17) is 0 Å². The number of hydrogen-bond donors (Lipinski definition) is 3. The fourth-order valence-electron chi connectivity index (χ4n) is 1.04. The fourth-order valence-corrected chi connectivity index (χ4v) is 3.33. The summed E-state index contributed by atoms with van der Waals surface area (Å²) in [6.45, 7) is 0. The Hall–Kier alpha value is -0.260. The zero-order chi connectivity index (χ0) is 9.26. The standard InChI is InChI=1S/C8H10FNOS2/c9-7-2-1-6(10-7)8(11)13-5-3-12-4-5/h1-2,5,10-11,13H,3-4H2. The van der Waals surface area contributed by atoms with Crippen LogP contribution in [0.1, 0.15) is 5.69 Å². The fraction of sp³-hybridized carbons (Fsp3) is 0.375. The van der Waals surface area contributed by atoms with Gasteiger partial charge in [-0.1, -0.05) is 0 Å². The van der Waals surface area contributed by atoms with E-state index in [2.05, 4.69) is 4.98 Å². The van der Waals surface area contributed by atoms with Gasteiger partial charge in [-0.05, 0) is 12.1 Å². The Bertz CT molecular complexity index is 333. The molecule has 0 radical (unpaired) electrons. The minimum absolute atomic E-state index is 0.245. The van der Waals surface area contributed by atoms with Crippen LogP contribution in [0.15, 0.2) is 12.1 Å². The average Bonchev–Trinajstić information content (AvgIpc) is 2.44. The predicted molar refractivity (Wildman–Crippen MR) is 57.6 cm³/mol. The van der Waals surface area contributed by atoms with Gasteiger partial charge in [-0.15, -0.1) is 0 Å². The van der Waals surface area contributed by atoms with E-state index in [0.29, 0.717) is 10.9 Å². The first kappa shape index (κ1) is 9.30. The summed E-state index contributed by atoms with van der Waals surface area (Å²) in [6, 6.07) is 2.88. The zero-order valence-corrected chi connectivity index (χ0v) is 8.54. The summed E-state index contributed by atoms with van der Waals surface area (Å²) in [5.41, 5.74) is 0.496. The average molecular weight is 219 g/mol. The Balaban J connectivity index is 2.11. The first-order chi connectivity index (χ1) is 6.25. The maximum atomic E-state index is 12.5. The van der Waals surface area contributed by atoms with E-state index in [-0.39, 0.29) is 5.05 Å². The highest BCUT2D eigenvalue weighted by molar-refractivity contribution is 8.07. The molecule has 0 spiro atoms. The van der Waals surface area contributed by atoms with Crippen LogP contribution in [0.25, 0.3) is 0 Å². The molecule has 0 atom stereocenters. The highest BCUT2D eigenvalue weighted by Crippen LogP contribution is 2.26. The third-order valence-electron chi connectivity index (χ3n) is 1.82. The molecule has 1 aliphatic heterocycles. The van der Waals surface area contributed by atoms with Gasteiger partial charge in [-0.2, -0.15) is 27.5 Å². The monoisotopic (exact) mass is 219 g/mol. The van der Waals surface area contributed by atoms with Gasteiger partial charge >= 0.3 is 0 Å². The van der Waals surface area contributed by atoms with Crippen molar-refractivity contribution in [2.75, 3.05) is 11.5 Å². The van der Waals surface area contributed by atoms with Crippen molar-refractivity contribution in [1.29, 1.82) is 0 Å². The molecule has 2 heterocycles. The Morgan fingerprint density at radius 1 is 1.62 bits per heavy atom. The summed E-state index contributed by atoms with van der Waals surface area (Å²) in [4.78, 5) is 2.46. The number of halogens is 1. The smallest absolute Gasteiger partial charge is 0.191 e. The Morgan fingerprint density at radius 2 is 2.38 bits per heavy atom. The van der Waals surface area contributed by atoms with Crippen LogP contribution in [-0.4, -0.2) is 31.9 Å². The number of aliphatic hydroxyl groups is 1. The molecule has 0 bridgehead atoms. The Labute approximate surface area is 83.5 Å². The molecule has 2 nitrogen and oxygen atoms in total. The van der Waals surface area contributed by atoms with Gasteiger partial charge in [0.1, 0.15) is 5.05 Å². The lowest BCUT2D eigenvalue weighted by Gasteiger charge is -2.21. The van der Waals surface area contributed by atoms with E-state index >= 15 is 0 Å². The number of aromatic amines is 1. The predicted octanol–water partition coefficient (Wildman–Crippen LogP) is 1.77. The molecule has 0 aromatic carbocycles. The van der Waals surface area contributed by atoms with Gasteiger partial charge in [0.05, 0.1) is 5.69 Å². The zero-order valence-electron chi connectivity index (χ0n) is 6.83. The summed E-state index contributed by atoms with van der Waals surface area (Å²) in [6.07, 6.45) is 0. The molecule has 2 N–H and O–H groups in total. The first-order valence-electron chi connectivity index (χ1n) is 3.95. The molecule has 13 heavy (non-hydrogen) atoms. The molecular weight excluding hydrogens is 209 g/mol. The largest absolute Gasteiger partial charge is 0.354 e. The lowest BCUT2D eigenvalue weighted by molar-refractivity contribution is 0.560. The third kappa shape index (κ3) is 2.15. The number of thioether (sulfide) groups is 1. The van der Waals surface area contributed by atoms with Crippen LogP contribution in [-0.2, 0) is 0 Å². The van der Waals surface area contributed by atoms with Gasteiger partial charge in [-0.25, -0.2) is 0 Å². The molecule has 72 valence electrons. The Kier molecular flexibility index (Phi) is 2.76. The summed E-state index contributed by atoms with van der Waals surface area (Å²) >= 11 is 2.78. The molecule has 1 fully saturated rings. The minimum atomic E-state index is -0.403. The topological polar surface area (TPSA) is 36.0 Å². The van der Waals surface area contributed by atoms with Crippen LogP contribution < -0.4 is 0 Å². The van der Waals surface area contributed by atoms with Crippen LogP contribution >= 0.6 is 23.1 Å². The Morgan fingerprint density at radius 3 is 2.85 bits per heavy atom. The molecule has 0 saturated carbocycles. The normalized spacial score (nSPS) is 19.4. The molecule has 0 aliphatic carbocycles. The highest BCUT2D eigenvalue weighted by Gasteiger charge is 2.16. The maximum absolute atomic E-state index is 12.5. The molecule has 2 rings (SSSR count). The van der Waals surface area contributed by atoms with Crippen molar-refractivity contribution in [2.45, 2.75) is 5.25 Å². The maximum Gasteiger partial charge on any atom is 0.191 e. The van der Waals surface area contributed by atoms with Crippen molar-refractivity contribution in [2.24, 2.45) is 0 Å². The summed E-state index contributed by atoms with van der Waals surface area (Å²) < 4.78 is 12.5. The van der Waals surface area contributed by atoms with Crippen molar-refractivity contribution in [3.05, 3.63) is 23.8 Å². The second-order valence-electron chi connectivity index (χ2n) is 2.86. The van der Waals surface area contributed by atoms with Crippen LogP contribution in [0.3, 0.4) is 0 Å². The number of H-pyrrole nitrogens is 1. The number of hydrogen-bond acceptors (Lipinski definition) is 1. The SMILES string of the molecule is OC(=[SH]C1CSC1)c1ccc(F)[nH]1. The van der Waals surface area contributed by atoms with Crippen LogP contribution in [0.5, 0.6) is 0 Å². The van der Waals surface area contributed by atoms with Crippen molar-refractivity contribution >= 4 is 28.2 Å². The molecule has 0 amide bonds. The van der Waals surface area contributed by atoms with Gasteiger partial charge in [0, 0.05) is 16.8 Å². The van der Waals surface area contributed by atoms with Gasteiger partial charge in [0.2, 0.25) is 0 Å². The van der Waals surface area contributed by atoms with Gasteiger partial charge in [0.15, 0.2) is 5.95 Å². The van der Waals surface area contributed by atoms with E-state index in [9.17, 15) is 9.50 Å². The van der Waals surface area contributed by atoms with Crippen LogP contribution in [0.4, 0.5) is 4.39 Å². The number of rotatable bonds is 2. The molecule has 0 unspecified atom stereocenters. The van der Waals surface area contributed by atoms with E-state index in [1.807, 2.05) is 11.8 Å². The van der Waals surface area contributed by atoms with Crippen LogP contribution in [0.2, 0.25) is 0 Å². The second kappa shape index (κ2) is 3.86. The molecule has 1 aromatic rings. The van der Waals surface area contributed by atoms with Crippen LogP contribution in [0, 0.1) is 5.95 Å². The summed E-state index contributed by atoms with van der Waals surface area (Å²) in [5, 5.41) is 10.3.